The summed E-state index contributed by atoms with van der Waals surface area (Å²) in [5.74, 6) is -0.523. The van der Waals surface area contributed by atoms with Crippen molar-refractivity contribution in [2.24, 2.45) is 5.73 Å². The molecule has 3 N–H and O–H groups in total. The maximum absolute atomic E-state index is 11.1. The highest BCUT2D eigenvalue weighted by molar-refractivity contribution is 9.10. The van der Waals surface area contributed by atoms with Gasteiger partial charge in [-0.2, -0.15) is 0 Å². The minimum absolute atomic E-state index is 0.143. The van der Waals surface area contributed by atoms with Crippen LogP contribution in [0.1, 0.15) is 28.2 Å². The lowest BCUT2D eigenvalue weighted by atomic mass is 10.2. The molecule has 19 heavy (non-hydrogen) atoms. The van der Waals surface area contributed by atoms with E-state index < -0.39 is 5.91 Å². The Labute approximate surface area is 128 Å². The lowest BCUT2D eigenvalue weighted by Gasteiger charge is -2.15. The van der Waals surface area contributed by atoms with Gasteiger partial charge < -0.3 is 11.1 Å². The lowest BCUT2D eigenvalue weighted by molar-refractivity contribution is 0.100. The molecule has 1 unspecified atom stereocenters. The first-order chi connectivity index (χ1) is 8.99. The lowest BCUT2D eigenvalue weighted by Crippen LogP contribution is -2.12. The number of nitrogens with two attached hydrogens (primary N) is 1. The second-order valence-corrected chi connectivity index (χ2v) is 6.27. The average Bonchev–Trinajstić information content (AvgIpc) is 2.75. The van der Waals surface area contributed by atoms with Crippen LogP contribution in [0.5, 0.6) is 0 Å². The van der Waals surface area contributed by atoms with Gasteiger partial charge in [-0.1, -0.05) is 11.6 Å². The van der Waals surface area contributed by atoms with Crippen LogP contribution in [0.3, 0.4) is 0 Å². The van der Waals surface area contributed by atoms with Crippen LogP contribution in [0.2, 0.25) is 5.02 Å². The number of halogens is 2. The molecular weight excluding hydrogens is 348 g/mol. The largest absolute Gasteiger partial charge is 0.378 e. The first kappa shape index (κ1) is 14.4. The number of primary amides is 1. The number of hydrogen-bond donors (Lipinski definition) is 2. The molecule has 0 spiro atoms. The Kier molecular flexibility index (Phi) is 4.50. The Balaban J connectivity index is 2.18. The summed E-state index contributed by atoms with van der Waals surface area (Å²) < 4.78 is 1.08. The second-order valence-electron chi connectivity index (χ2n) is 4.06. The number of benzene rings is 1. The van der Waals surface area contributed by atoms with E-state index in [0.717, 1.165) is 10.2 Å². The molecule has 0 fully saturated rings. The van der Waals surface area contributed by atoms with Gasteiger partial charge in [0.15, 0.2) is 0 Å². The molecule has 0 saturated carbocycles. The Bertz CT molecular complexity index is 614. The summed E-state index contributed by atoms with van der Waals surface area (Å²) in [6.45, 7) is 2.06. The van der Waals surface area contributed by atoms with Crippen LogP contribution < -0.4 is 11.1 Å². The van der Waals surface area contributed by atoms with Gasteiger partial charge in [0.25, 0.3) is 0 Å². The van der Waals surface area contributed by atoms with Gasteiger partial charge in [-0.05, 0) is 52.5 Å². The third kappa shape index (κ3) is 3.29. The minimum atomic E-state index is -0.523. The standard InChI is InChI=1S/C13H12BrClN2OS/c1-7(12-10(14)4-5-19-12)17-8-2-3-9(13(16)18)11(15)6-8/h2-7,17H,1H3,(H2,16,18). The van der Waals surface area contributed by atoms with Gasteiger partial charge in [0.2, 0.25) is 5.91 Å². The Morgan fingerprint density at radius 3 is 2.74 bits per heavy atom. The van der Waals surface area contributed by atoms with Crippen LogP contribution in [0.25, 0.3) is 0 Å². The molecule has 1 aromatic heterocycles. The van der Waals surface area contributed by atoms with Crippen LogP contribution >= 0.6 is 38.9 Å². The van der Waals surface area contributed by atoms with Crippen molar-refractivity contribution in [1.82, 2.24) is 0 Å². The smallest absolute Gasteiger partial charge is 0.250 e. The summed E-state index contributed by atoms with van der Waals surface area (Å²) in [5, 5.41) is 5.72. The van der Waals surface area contributed by atoms with Crippen molar-refractivity contribution in [3.63, 3.8) is 0 Å². The van der Waals surface area contributed by atoms with E-state index in [1.165, 1.54) is 4.88 Å². The molecule has 0 aliphatic rings. The molecule has 100 valence electrons. The summed E-state index contributed by atoms with van der Waals surface area (Å²) in [5.41, 5.74) is 6.40. The second kappa shape index (κ2) is 5.94. The molecule has 3 nitrogen and oxygen atoms in total. The summed E-state index contributed by atoms with van der Waals surface area (Å²) in [4.78, 5) is 12.3. The van der Waals surface area contributed by atoms with Crippen LogP contribution in [-0.2, 0) is 0 Å². The first-order valence-electron chi connectivity index (χ1n) is 5.58. The normalized spacial score (nSPS) is 12.2. The van der Waals surface area contributed by atoms with E-state index in [1.54, 1.807) is 29.5 Å². The Morgan fingerprint density at radius 1 is 1.47 bits per heavy atom. The maximum atomic E-state index is 11.1. The molecule has 6 heteroatoms. The molecule has 1 heterocycles. The molecule has 0 aliphatic carbocycles. The molecule has 0 saturated heterocycles. The van der Waals surface area contributed by atoms with E-state index in [-0.39, 0.29) is 6.04 Å². The van der Waals surface area contributed by atoms with E-state index in [4.69, 9.17) is 17.3 Å². The topological polar surface area (TPSA) is 55.1 Å². The summed E-state index contributed by atoms with van der Waals surface area (Å²) in [6, 6.07) is 7.29. The van der Waals surface area contributed by atoms with Crippen molar-refractivity contribution in [1.29, 1.82) is 0 Å². The van der Waals surface area contributed by atoms with E-state index in [1.807, 2.05) is 11.4 Å². The number of hydrogen-bond acceptors (Lipinski definition) is 3. The molecule has 0 aliphatic heterocycles. The number of amides is 1. The molecule has 1 aromatic carbocycles. The first-order valence-corrected chi connectivity index (χ1v) is 7.63. The fraction of sp³-hybridized carbons (Fsp3) is 0.154. The molecule has 0 bridgehead atoms. The van der Waals surface area contributed by atoms with Crippen molar-refractivity contribution in [3.05, 3.63) is 49.6 Å². The zero-order valence-electron chi connectivity index (χ0n) is 10.1. The Hall–Kier alpha value is -1.04. The summed E-state index contributed by atoms with van der Waals surface area (Å²) >= 11 is 11.2. The van der Waals surface area contributed by atoms with E-state index in [2.05, 4.69) is 28.2 Å². The van der Waals surface area contributed by atoms with E-state index >= 15 is 0 Å². The van der Waals surface area contributed by atoms with Gasteiger partial charge in [-0.3, -0.25) is 4.79 Å². The number of carbonyl (C=O) groups is 1. The molecule has 2 aromatic rings. The van der Waals surface area contributed by atoms with Gasteiger partial charge in [0.05, 0.1) is 16.6 Å². The zero-order chi connectivity index (χ0) is 14.0. The van der Waals surface area contributed by atoms with Gasteiger partial charge in [0.1, 0.15) is 0 Å². The number of thiophene rings is 1. The molecule has 1 amide bonds. The maximum Gasteiger partial charge on any atom is 0.250 e. The molecular formula is C13H12BrClN2OS. The fourth-order valence-corrected chi connectivity index (χ4v) is 3.73. The number of carbonyl (C=O) groups excluding carboxylic acids is 1. The summed E-state index contributed by atoms with van der Waals surface area (Å²) in [6.07, 6.45) is 0. The van der Waals surface area contributed by atoms with Crippen LogP contribution in [0.4, 0.5) is 5.69 Å². The van der Waals surface area contributed by atoms with Crippen molar-refractivity contribution in [2.45, 2.75) is 13.0 Å². The molecule has 2 rings (SSSR count). The van der Waals surface area contributed by atoms with Crippen LogP contribution in [0, 0.1) is 0 Å². The van der Waals surface area contributed by atoms with Crippen molar-refractivity contribution in [2.75, 3.05) is 5.32 Å². The van der Waals surface area contributed by atoms with E-state index in [9.17, 15) is 4.79 Å². The average molecular weight is 360 g/mol. The fourth-order valence-electron chi connectivity index (χ4n) is 1.73. The number of nitrogens with one attached hydrogen (secondary N) is 1. The van der Waals surface area contributed by atoms with Crippen LogP contribution in [0.15, 0.2) is 34.1 Å². The Morgan fingerprint density at radius 2 is 2.21 bits per heavy atom. The third-order valence-electron chi connectivity index (χ3n) is 2.66. The monoisotopic (exact) mass is 358 g/mol. The highest BCUT2D eigenvalue weighted by Crippen LogP contribution is 2.31. The third-order valence-corrected chi connectivity index (χ3v) is 5.02. The zero-order valence-corrected chi connectivity index (χ0v) is 13.3. The molecule has 0 radical (unpaired) electrons. The van der Waals surface area contributed by atoms with Crippen molar-refractivity contribution in [3.8, 4) is 0 Å². The van der Waals surface area contributed by atoms with Crippen molar-refractivity contribution < 1.29 is 4.79 Å². The quantitative estimate of drug-likeness (QED) is 0.848. The van der Waals surface area contributed by atoms with Gasteiger partial charge >= 0.3 is 0 Å². The predicted octanol–water partition coefficient (Wildman–Crippen LogP) is 4.44. The molecule has 1 atom stereocenters. The predicted molar refractivity (Wildman–Crippen MR) is 84.0 cm³/mol. The summed E-state index contributed by atoms with van der Waals surface area (Å²) in [7, 11) is 0. The highest BCUT2D eigenvalue weighted by atomic mass is 79.9. The number of anilines is 1. The van der Waals surface area contributed by atoms with Gasteiger partial charge in [-0.25, -0.2) is 0 Å². The van der Waals surface area contributed by atoms with Crippen molar-refractivity contribution >= 4 is 50.5 Å². The van der Waals surface area contributed by atoms with Crippen LogP contribution in [-0.4, -0.2) is 5.91 Å². The van der Waals surface area contributed by atoms with E-state index in [0.29, 0.717) is 10.6 Å². The van der Waals surface area contributed by atoms with Gasteiger partial charge in [0, 0.05) is 15.0 Å². The minimum Gasteiger partial charge on any atom is -0.378 e. The highest BCUT2D eigenvalue weighted by Gasteiger charge is 2.12. The van der Waals surface area contributed by atoms with Gasteiger partial charge in [-0.15, -0.1) is 11.3 Å². The SMILES string of the molecule is CC(Nc1ccc(C(N)=O)c(Cl)c1)c1sccc1Br. The number of rotatable bonds is 4.